The second-order valence-electron chi connectivity index (χ2n) is 5.95. The van der Waals surface area contributed by atoms with Crippen molar-refractivity contribution in [3.8, 4) is 0 Å². The normalized spacial score (nSPS) is 10.3. The van der Waals surface area contributed by atoms with Crippen LogP contribution in [0.25, 0.3) is 0 Å². The number of nitrogens with one attached hydrogen (secondary N) is 3. The average molecular weight is 380 g/mol. The molecule has 0 radical (unpaired) electrons. The molecule has 0 atom stereocenters. The van der Waals surface area contributed by atoms with Gasteiger partial charge >= 0.3 is 6.03 Å². The van der Waals surface area contributed by atoms with E-state index >= 15 is 0 Å². The molecule has 3 amide bonds. The minimum absolute atomic E-state index is 0.261. The van der Waals surface area contributed by atoms with Crippen molar-refractivity contribution in [1.82, 2.24) is 4.98 Å². The highest BCUT2D eigenvalue weighted by atomic mass is 32.1. The molecule has 2 aromatic carbocycles. The Bertz CT molecular complexity index is 951. The van der Waals surface area contributed by atoms with E-state index in [9.17, 15) is 9.59 Å². The van der Waals surface area contributed by atoms with E-state index < -0.39 is 6.03 Å². The summed E-state index contributed by atoms with van der Waals surface area (Å²) in [6.07, 6.45) is 0.819. The Balaban J connectivity index is 1.61. The average Bonchev–Trinajstić information content (AvgIpc) is 3.12. The molecule has 0 aliphatic rings. The number of aryl methyl sites for hydroxylation is 2. The molecule has 3 rings (SSSR count). The number of nitrogens with zero attached hydrogens (tertiary/aromatic N) is 1. The molecule has 7 heteroatoms. The Morgan fingerprint density at radius 1 is 1.00 bits per heavy atom. The number of urea groups is 1. The lowest BCUT2D eigenvalue weighted by molar-refractivity contribution is 0.102. The van der Waals surface area contributed by atoms with Crippen LogP contribution in [-0.4, -0.2) is 16.9 Å². The van der Waals surface area contributed by atoms with Crippen molar-refractivity contribution in [3.05, 3.63) is 70.7 Å². The van der Waals surface area contributed by atoms with Crippen molar-refractivity contribution in [1.29, 1.82) is 0 Å². The highest BCUT2D eigenvalue weighted by Crippen LogP contribution is 2.20. The molecule has 0 saturated carbocycles. The molecule has 0 aliphatic carbocycles. The van der Waals surface area contributed by atoms with E-state index in [0.29, 0.717) is 10.8 Å². The first-order valence-corrected chi connectivity index (χ1v) is 9.42. The lowest BCUT2D eigenvalue weighted by Crippen LogP contribution is -2.19. The summed E-state index contributed by atoms with van der Waals surface area (Å²) in [6.45, 7) is 4.01. The van der Waals surface area contributed by atoms with Crippen LogP contribution in [0.4, 0.5) is 21.3 Å². The Labute approximate surface area is 161 Å². The minimum atomic E-state index is -0.406. The van der Waals surface area contributed by atoms with Gasteiger partial charge in [-0.1, -0.05) is 42.8 Å². The van der Waals surface area contributed by atoms with E-state index in [4.69, 9.17) is 0 Å². The van der Waals surface area contributed by atoms with Gasteiger partial charge in [0.05, 0.1) is 0 Å². The maximum atomic E-state index is 12.4. The zero-order valence-electron chi connectivity index (χ0n) is 15.1. The Kier molecular flexibility index (Phi) is 5.83. The highest BCUT2D eigenvalue weighted by molar-refractivity contribution is 7.14. The van der Waals surface area contributed by atoms with Gasteiger partial charge in [-0.05, 0) is 37.1 Å². The molecule has 3 aromatic rings. The second-order valence-corrected chi connectivity index (χ2v) is 6.81. The number of thiazole rings is 1. The Morgan fingerprint density at radius 2 is 1.74 bits per heavy atom. The third kappa shape index (κ3) is 4.92. The summed E-state index contributed by atoms with van der Waals surface area (Å²) in [5, 5.41) is 10.2. The van der Waals surface area contributed by atoms with E-state index in [1.165, 1.54) is 11.3 Å². The van der Waals surface area contributed by atoms with Gasteiger partial charge in [-0.15, -0.1) is 11.3 Å². The van der Waals surface area contributed by atoms with Crippen molar-refractivity contribution in [2.45, 2.75) is 20.3 Å². The molecular weight excluding hydrogens is 360 g/mol. The van der Waals surface area contributed by atoms with Crippen molar-refractivity contribution < 1.29 is 9.59 Å². The predicted molar refractivity (Wildman–Crippen MR) is 110 cm³/mol. The summed E-state index contributed by atoms with van der Waals surface area (Å²) in [6, 6.07) is 14.7. The summed E-state index contributed by atoms with van der Waals surface area (Å²) in [7, 11) is 0. The molecule has 0 spiro atoms. The molecule has 0 aliphatic heterocycles. The molecule has 27 heavy (non-hydrogen) atoms. The van der Waals surface area contributed by atoms with E-state index in [0.717, 1.165) is 23.2 Å². The molecule has 138 valence electrons. The van der Waals surface area contributed by atoms with Crippen LogP contribution in [0.3, 0.4) is 0 Å². The van der Waals surface area contributed by atoms with Gasteiger partial charge in [-0.25, -0.2) is 9.78 Å². The fraction of sp³-hybridized carbons (Fsp3) is 0.150. The molecule has 6 nitrogen and oxygen atoms in total. The van der Waals surface area contributed by atoms with E-state index in [1.807, 2.05) is 62.4 Å². The number of anilines is 3. The van der Waals surface area contributed by atoms with Crippen molar-refractivity contribution >= 4 is 39.8 Å². The number of hydrogen-bond donors (Lipinski definition) is 3. The molecular formula is C20H20N4O2S. The molecule has 0 fully saturated rings. The molecule has 3 N–H and O–H groups in total. The van der Waals surface area contributed by atoms with Gasteiger partial charge < -0.3 is 10.6 Å². The zero-order chi connectivity index (χ0) is 19.2. The third-order valence-electron chi connectivity index (χ3n) is 3.91. The lowest BCUT2D eigenvalue weighted by atomic mass is 10.1. The molecule has 0 unspecified atom stereocenters. The maximum absolute atomic E-state index is 12.4. The Morgan fingerprint density at radius 3 is 2.48 bits per heavy atom. The van der Waals surface area contributed by atoms with Crippen LogP contribution in [0.15, 0.2) is 53.9 Å². The van der Waals surface area contributed by atoms with E-state index in [1.54, 1.807) is 5.38 Å². The van der Waals surface area contributed by atoms with Crippen LogP contribution in [0.2, 0.25) is 0 Å². The summed E-state index contributed by atoms with van der Waals surface area (Å²) in [4.78, 5) is 28.7. The largest absolute Gasteiger partial charge is 0.325 e. The smallest absolute Gasteiger partial charge is 0.320 e. The van der Waals surface area contributed by atoms with Gasteiger partial charge in [0.15, 0.2) is 5.13 Å². The van der Waals surface area contributed by atoms with E-state index in [2.05, 4.69) is 20.9 Å². The summed E-state index contributed by atoms with van der Waals surface area (Å²) >= 11 is 1.20. The molecule has 1 aromatic heterocycles. The van der Waals surface area contributed by atoms with Gasteiger partial charge in [-0.2, -0.15) is 0 Å². The number of benzene rings is 2. The van der Waals surface area contributed by atoms with Crippen LogP contribution in [0.1, 0.15) is 28.5 Å². The molecule has 0 bridgehead atoms. The number of amides is 3. The standard InChI is InChI=1S/C20H20N4O2S/c1-3-14-6-4-5-7-16(14)22-18(25)17-12-27-20(23-17)24-19(26)21-15-10-8-13(2)9-11-15/h4-12H,3H2,1-2H3,(H,22,25)(H2,21,23,24,26). The van der Waals surface area contributed by atoms with Gasteiger partial charge in [0.1, 0.15) is 5.69 Å². The number of carbonyl (C=O) groups is 2. The van der Waals surface area contributed by atoms with Gasteiger partial charge in [0.25, 0.3) is 5.91 Å². The maximum Gasteiger partial charge on any atom is 0.325 e. The lowest BCUT2D eigenvalue weighted by Gasteiger charge is -2.08. The fourth-order valence-electron chi connectivity index (χ4n) is 2.47. The minimum Gasteiger partial charge on any atom is -0.320 e. The van der Waals surface area contributed by atoms with Crippen molar-refractivity contribution in [3.63, 3.8) is 0 Å². The second kappa shape index (κ2) is 8.46. The molecule has 0 saturated heterocycles. The van der Waals surface area contributed by atoms with Crippen molar-refractivity contribution in [2.24, 2.45) is 0 Å². The summed E-state index contributed by atoms with van der Waals surface area (Å²) in [5.74, 6) is -0.306. The quantitative estimate of drug-likeness (QED) is 0.588. The van der Waals surface area contributed by atoms with Crippen LogP contribution >= 0.6 is 11.3 Å². The number of aromatic nitrogens is 1. The SMILES string of the molecule is CCc1ccccc1NC(=O)c1csc(NC(=O)Nc2ccc(C)cc2)n1. The third-order valence-corrected chi connectivity index (χ3v) is 4.67. The first-order chi connectivity index (χ1) is 13.0. The summed E-state index contributed by atoms with van der Waals surface area (Å²) in [5.41, 5.74) is 3.88. The summed E-state index contributed by atoms with van der Waals surface area (Å²) < 4.78 is 0. The zero-order valence-corrected chi connectivity index (χ0v) is 15.9. The first-order valence-electron chi connectivity index (χ1n) is 8.54. The number of para-hydroxylation sites is 1. The number of carbonyl (C=O) groups excluding carboxylic acids is 2. The topological polar surface area (TPSA) is 83.1 Å². The van der Waals surface area contributed by atoms with Crippen molar-refractivity contribution in [2.75, 3.05) is 16.0 Å². The highest BCUT2D eigenvalue weighted by Gasteiger charge is 2.14. The van der Waals surface area contributed by atoms with Crippen LogP contribution < -0.4 is 16.0 Å². The van der Waals surface area contributed by atoms with Crippen LogP contribution in [-0.2, 0) is 6.42 Å². The van der Waals surface area contributed by atoms with Gasteiger partial charge in [0, 0.05) is 16.8 Å². The predicted octanol–water partition coefficient (Wildman–Crippen LogP) is 4.91. The monoisotopic (exact) mass is 380 g/mol. The van der Waals surface area contributed by atoms with Crippen LogP contribution in [0, 0.1) is 6.92 Å². The van der Waals surface area contributed by atoms with Gasteiger partial charge in [0.2, 0.25) is 0 Å². The Hall–Kier alpha value is -3.19. The van der Waals surface area contributed by atoms with Crippen LogP contribution in [0.5, 0.6) is 0 Å². The number of hydrogen-bond acceptors (Lipinski definition) is 4. The van der Waals surface area contributed by atoms with Gasteiger partial charge in [-0.3, -0.25) is 10.1 Å². The fourth-order valence-corrected chi connectivity index (χ4v) is 3.15. The molecule has 1 heterocycles. The van der Waals surface area contributed by atoms with E-state index in [-0.39, 0.29) is 11.6 Å². The number of rotatable bonds is 5. The first kappa shape index (κ1) is 18.6.